The summed E-state index contributed by atoms with van der Waals surface area (Å²) in [5.41, 5.74) is -0.235. The third-order valence-electron chi connectivity index (χ3n) is 3.89. The number of hydrogen-bond acceptors (Lipinski definition) is 3. The highest BCUT2D eigenvalue weighted by molar-refractivity contribution is 5.89. The molecule has 1 unspecified atom stereocenters. The van der Waals surface area contributed by atoms with Gasteiger partial charge in [0.1, 0.15) is 18.4 Å². The maximum Gasteiger partial charge on any atom is 0.322 e. The topological polar surface area (TPSA) is 44.8 Å². The lowest BCUT2D eigenvalue weighted by molar-refractivity contribution is -0.0849. The van der Waals surface area contributed by atoms with Crippen LogP contribution in [0, 0.1) is 11.6 Å². The highest BCUT2D eigenvalue weighted by Gasteiger charge is 2.28. The van der Waals surface area contributed by atoms with Crippen molar-refractivity contribution in [1.82, 2.24) is 9.80 Å². The van der Waals surface area contributed by atoms with E-state index in [1.54, 1.807) is 4.90 Å². The summed E-state index contributed by atoms with van der Waals surface area (Å²) in [6, 6.07) is 2.83. The lowest BCUT2D eigenvalue weighted by atomic mass is 10.2. The maximum absolute atomic E-state index is 13.6. The van der Waals surface area contributed by atoms with Crippen LogP contribution in [0.2, 0.25) is 0 Å². The first-order valence-electron chi connectivity index (χ1n) is 8.05. The van der Waals surface area contributed by atoms with Crippen LogP contribution in [0.25, 0.3) is 0 Å². The van der Waals surface area contributed by atoms with E-state index in [0.29, 0.717) is 26.4 Å². The van der Waals surface area contributed by atoms with Gasteiger partial charge in [0, 0.05) is 31.7 Å². The van der Waals surface area contributed by atoms with Crippen molar-refractivity contribution in [3.8, 4) is 0 Å². The number of halogens is 2. The number of urea groups is 1. The number of hydrogen-bond donors (Lipinski definition) is 1. The number of benzene rings is 1. The quantitative estimate of drug-likeness (QED) is 0.918. The molecule has 0 aliphatic carbocycles. The van der Waals surface area contributed by atoms with E-state index in [1.807, 2.05) is 27.7 Å². The van der Waals surface area contributed by atoms with Gasteiger partial charge in [-0.2, -0.15) is 0 Å². The van der Waals surface area contributed by atoms with Gasteiger partial charge in [-0.3, -0.25) is 4.90 Å². The van der Waals surface area contributed by atoms with Gasteiger partial charge in [0.05, 0.1) is 11.3 Å². The Morgan fingerprint density at radius 1 is 1.33 bits per heavy atom. The fourth-order valence-corrected chi connectivity index (χ4v) is 2.43. The van der Waals surface area contributed by atoms with Crippen LogP contribution in [-0.4, -0.2) is 53.8 Å². The van der Waals surface area contributed by atoms with Gasteiger partial charge in [-0.15, -0.1) is 0 Å². The Kier molecular flexibility index (Phi) is 5.77. The second kappa shape index (κ2) is 7.44. The molecule has 0 bridgehead atoms. The van der Waals surface area contributed by atoms with E-state index >= 15 is 0 Å². The van der Waals surface area contributed by atoms with E-state index in [2.05, 4.69) is 10.2 Å². The Balaban J connectivity index is 1.89. The highest BCUT2D eigenvalue weighted by Crippen LogP contribution is 2.17. The zero-order valence-electron chi connectivity index (χ0n) is 14.6. The Morgan fingerprint density at radius 3 is 2.62 bits per heavy atom. The minimum Gasteiger partial charge on any atom is -0.360 e. The van der Waals surface area contributed by atoms with E-state index in [-0.39, 0.29) is 23.4 Å². The molecular formula is C17H25F2N3O2. The monoisotopic (exact) mass is 341 g/mol. The predicted molar refractivity (Wildman–Crippen MR) is 88.8 cm³/mol. The lowest BCUT2D eigenvalue weighted by Gasteiger charge is -2.40. The third kappa shape index (κ3) is 5.14. The standard InChI is InChI=1S/C17H25F2N3O2/c1-12-10-21(7-8-22(12)11-24-17(2,3)4)16(23)20-15-6-5-13(18)9-14(15)19/h5-6,9,12H,7-8,10-11H2,1-4H3,(H,20,23). The van der Waals surface area contributed by atoms with Crippen LogP contribution in [0.4, 0.5) is 19.3 Å². The fourth-order valence-electron chi connectivity index (χ4n) is 2.43. The van der Waals surface area contributed by atoms with E-state index in [4.69, 9.17) is 4.74 Å². The number of carbonyl (C=O) groups excluding carboxylic acids is 1. The SMILES string of the molecule is CC1CN(C(=O)Nc2ccc(F)cc2F)CCN1COC(C)(C)C. The maximum atomic E-state index is 13.6. The summed E-state index contributed by atoms with van der Waals surface area (Å²) in [5.74, 6) is -1.46. The first-order chi connectivity index (χ1) is 11.2. The number of ether oxygens (including phenoxy) is 1. The largest absolute Gasteiger partial charge is 0.360 e. The Bertz CT molecular complexity index is 590. The molecule has 0 radical (unpaired) electrons. The molecule has 1 aromatic rings. The molecule has 1 N–H and O–H groups in total. The third-order valence-corrected chi connectivity index (χ3v) is 3.89. The summed E-state index contributed by atoms with van der Waals surface area (Å²) < 4.78 is 32.3. The molecule has 2 amide bonds. The van der Waals surface area contributed by atoms with Crippen molar-refractivity contribution in [3.05, 3.63) is 29.8 Å². The minimum atomic E-state index is -0.784. The van der Waals surface area contributed by atoms with Crippen LogP contribution in [0.5, 0.6) is 0 Å². The van der Waals surface area contributed by atoms with E-state index in [1.165, 1.54) is 6.07 Å². The normalized spacial score (nSPS) is 19.4. The number of nitrogens with one attached hydrogen (secondary N) is 1. The van der Waals surface area contributed by atoms with E-state index in [9.17, 15) is 13.6 Å². The molecule has 1 aliphatic heterocycles. The number of rotatable bonds is 3. The molecule has 1 atom stereocenters. The van der Waals surface area contributed by atoms with Crippen LogP contribution in [0.15, 0.2) is 18.2 Å². The van der Waals surface area contributed by atoms with Gasteiger partial charge in [-0.25, -0.2) is 13.6 Å². The first-order valence-corrected chi connectivity index (χ1v) is 8.05. The zero-order chi connectivity index (χ0) is 17.9. The van der Waals surface area contributed by atoms with E-state index in [0.717, 1.165) is 12.1 Å². The molecule has 1 aromatic carbocycles. The zero-order valence-corrected chi connectivity index (χ0v) is 14.6. The molecule has 1 aliphatic rings. The Hall–Kier alpha value is -1.73. The number of nitrogens with zero attached hydrogens (tertiary/aromatic N) is 2. The Labute approximate surface area is 141 Å². The molecular weight excluding hydrogens is 316 g/mol. The second-order valence-corrected chi connectivity index (χ2v) is 7.05. The number of carbonyl (C=O) groups is 1. The predicted octanol–water partition coefficient (Wildman–Crippen LogP) is 3.28. The van der Waals surface area contributed by atoms with E-state index < -0.39 is 11.6 Å². The average Bonchev–Trinajstić information content (AvgIpc) is 2.47. The van der Waals surface area contributed by atoms with Gasteiger partial charge in [-0.1, -0.05) is 0 Å². The van der Waals surface area contributed by atoms with Crippen molar-refractivity contribution >= 4 is 11.7 Å². The summed E-state index contributed by atoms with van der Waals surface area (Å²) in [5, 5.41) is 2.49. The molecule has 2 rings (SSSR count). The summed E-state index contributed by atoms with van der Waals surface area (Å²) in [6.45, 7) is 10.2. The molecule has 0 spiro atoms. The van der Waals surface area contributed by atoms with Crippen molar-refractivity contribution in [2.75, 3.05) is 31.7 Å². The summed E-state index contributed by atoms with van der Waals surface area (Å²) in [7, 11) is 0. The highest BCUT2D eigenvalue weighted by atomic mass is 19.1. The van der Waals surface area contributed by atoms with Crippen LogP contribution in [0.3, 0.4) is 0 Å². The van der Waals surface area contributed by atoms with Crippen LogP contribution < -0.4 is 5.32 Å². The summed E-state index contributed by atoms with van der Waals surface area (Å²) in [4.78, 5) is 16.1. The van der Waals surface area contributed by atoms with Gasteiger partial charge in [0.15, 0.2) is 0 Å². The molecule has 0 saturated carbocycles. The molecule has 0 aromatic heterocycles. The van der Waals surface area contributed by atoms with Gasteiger partial charge in [-0.05, 0) is 39.8 Å². The lowest BCUT2D eigenvalue weighted by Crippen LogP contribution is -2.55. The minimum absolute atomic E-state index is 0.0208. The van der Waals surface area contributed by atoms with Crippen molar-refractivity contribution in [3.63, 3.8) is 0 Å². The van der Waals surface area contributed by atoms with Crippen molar-refractivity contribution < 1.29 is 18.3 Å². The number of piperazine rings is 1. The number of amides is 2. The average molecular weight is 341 g/mol. The van der Waals surface area contributed by atoms with Crippen LogP contribution in [0.1, 0.15) is 27.7 Å². The fraction of sp³-hybridized carbons (Fsp3) is 0.588. The molecule has 1 saturated heterocycles. The molecule has 24 heavy (non-hydrogen) atoms. The molecule has 7 heteroatoms. The number of anilines is 1. The van der Waals surface area contributed by atoms with Crippen LogP contribution in [-0.2, 0) is 4.74 Å². The Morgan fingerprint density at radius 2 is 2.04 bits per heavy atom. The summed E-state index contributed by atoms with van der Waals surface area (Å²) in [6.07, 6.45) is 0. The van der Waals surface area contributed by atoms with Crippen molar-refractivity contribution in [2.45, 2.75) is 39.3 Å². The van der Waals surface area contributed by atoms with Gasteiger partial charge >= 0.3 is 6.03 Å². The smallest absolute Gasteiger partial charge is 0.322 e. The first kappa shape index (κ1) is 18.6. The van der Waals surface area contributed by atoms with Gasteiger partial charge in [0.2, 0.25) is 0 Å². The van der Waals surface area contributed by atoms with Gasteiger partial charge in [0.25, 0.3) is 0 Å². The van der Waals surface area contributed by atoms with Gasteiger partial charge < -0.3 is 15.0 Å². The van der Waals surface area contributed by atoms with Crippen LogP contribution >= 0.6 is 0 Å². The molecule has 1 heterocycles. The second-order valence-electron chi connectivity index (χ2n) is 7.05. The van der Waals surface area contributed by atoms with Crippen molar-refractivity contribution in [2.24, 2.45) is 0 Å². The van der Waals surface area contributed by atoms with Crippen molar-refractivity contribution in [1.29, 1.82) is 0 Å². The molecule has 5 nitrogen and oxygen atoms in total. The molecule has 1 fully saturated rings. The summed E-state index contributed by atoms with van der Waals surface area (Å²) >= 11 is 0. The molecule has 134 valence electrons.